The zero-order valence-electron chi connectivity index (χ0n) is 6.85. The van der Waals surface area contributed by atoms with E-state index in [9.17, 15) is 0 Å². The van der Waals surface area contributed by atoms with Crippen LogP contribution in [0.3, 0.4) is 0 Å². The molecule has 0 atom stereocenters. The van der Waals surface area contributed by atoms with Crippen LogP contribution in [0, 0.1) is 49.4 Å². The van der Waals surface area contributed by atoms with Crippen molar-refractivity contribution in [1.82, 2.24) is 0 Å². The van der Waals surface area contributed by atoms with Gasteiger partial charge in [-0.2, -0.15) is 0 Å². The Labute approximate surface area is 87.5 Å². The Balaban J connectivity index is 0. The third-order valence-electron chi connectivity index (χ3n) is 2.04. The summed E-state index contributed by atoms with van der Waals surface area (Å²) in [6.07, 6.45) is 0. The summed E-state index contributed by atoms with van der Waals surface area (Å²) in [7, 11) is 0. The maximum absolute atomic E-state index is 5.48. The first kappa shape index (κ1) is 13.6. The summed E-state index contributed by atoms with van der Waals surface area (Å²) in [5.41, 5.74) is 10.8. The molecule has 0 bridgehead atoms. The van der Waals surface area contributed by atoms with Crippen molar-refractivity contribution in [3.63, 3.8) is 0 Å². The van der Waals surface area contributed by atoms with E-state index in [1.54, 1.807) is 0 Å². The van der Waals surface area contributed by atoms with E-state index in [1.165, 1.54) is 0 Å². The molecule has 0 radical (unpaired) electrons. The minimum absolute atomic E-state index is 0. The normalized spacial score (nSPS) is 11.4. The van der Waals surface area contributed by atoms with E-state index in [4.69, 9.17) is 11.5 Å². The van der Waals surface area contributed by atoms with E-state index in [2.05, 4.69) is 20.8 Å². The summed E-state index contributed by atoms with van der Waals surface area (Å²) < 4.78 is 0. The number of nitrogens with two attached hydrogens (primary N) is 2. The van der Waals surface area contributed by atoms with E-state index < -0.39 is 0 Å². The molecule has 0 aliphatic carbocycles. The summed E-state index contributed by atoms with van der Waals surface area (Å²) in [6.45, 7) is 9.28. The molecule has 0 amide bonds. The van der Waals surface area contributed by atoms with Crippen molar-refractivity contribution in [3.05, 3.63) is 6.92 Å². The molecule has 10 heavy (non-hydrogen) atoms. The van der Waals surface area contributed by atoms with E-state index in [1.807, 2.05) is 0 Å². The summed E-state index contributed by atoms with van der Waals surface area (Å²) in [6, 6.07) is 0. The Hall–Kier alpha value is 0.972. The fourth-order valence-electron chi connectivity index (χ4n) is 0.555. The molecule has 0 fully saturated rings. The average molecular weight is 367 g/mol. The maximum Gasteiger partial charge on any atom is 0 e. The Morgan fingerprint density at radius 3 is 1.60 bits per heavy atom. The van der Waals surface area contributed by atoms with E-state index >= 15 is 0 Å². The average Bonchev–Trinajstić information content (AvgIpc) is 1.86. The van der Waals surface area contributed by atoms with Crippen LogP contribution >= 0.6 is 0 Å². The molecule has 0 unspecified atom stereocenters. The van der Waals surface area contributed by atoms with E-state index in [-0.39, 0.29) is 36.5 Å². The summed E-state index contributed by atoms with van der Waals surface area (Å²) in [5.74, 6) is 0.465. The summed E-state index contributed by atoms with van der Waals surface area (Å²) >= 11 is 0. The predicted octanol–water partition coefficient (Wildman–Crippen LogP) is 0.380. The molecule has 4 N–H and O–H groups in total. The van der Waals surface area contributed by atoms with Crippen molar-refractivity contribution in [1.29, 1.82) is 0 Å². The molecule has 2 nitrogen and oxygen atoms in total. The molecule has 3 heteroatoms. The Morgan fingerprint density at radius 2 is 1.60 bits per heavy atom. The molecular weight excluding hydrogens is 350 g/mol. The van der Waals surface area contributed by atoms with E-state index in [0.29, 0.717) is 19.0 Å². The second kappa shape index (κ2) is 5.60. The van der Waals surface area contributed by atoms with Gasteiger partial charge in [0.1, 0.15) is 0 Å². The molecule has 0 aromatic rings. The Kier molecular flexibility index (Phi) is 7.59. The van der Waals surface area contributed by atoms with Crippen LogP contribution in [0.4, 0.5) is 0 Å². The van der Waals surface area contributed by atoms with Crippen LogP contribution in [0.15, 0.2) is 0 Å². The van der Waals surface area contributed by atoms with Gasteiger partial charge in [0.05, 0.1) is 0 Å². The van der Waals surface area contributed by atoms with Crippen LogP contribution in [-0.4, -0.2) is 13.1 Å². The zero-order valence-corrected chi connectivity index (χ0v) is 11.0. The minimum Gasteiger partial charge on any atom is -0.335 e. The van der Waals surface area contributed by atoms with Crippen LogP contribution in [0.2, 0.25) is 0 Å². The van der Waals surface area contributed by atoms with Gasteiger partial charge in [0.25, 0.3) is 0 Å². The second-order valence-corrected chi connectivity index (χ2v) is 2.93. The maximum atomic E-state index is 5.48. The van der Waals surface area contributed by atoms with Crippen LogP contribution in [-0.2, 0) is 0 Å². The fourth-order valence-corrected chi connectivity index (χ4v) is 0.555. The SMILES string of the molecule is [CH2-]C(CN)(CN)C(C)C.[U]. The van der Waals surface area contributed by atoms with Gasteiger partial charge in [0.15, 0.2) is 0 Å². The quantitative estimate of drug-likeness (QED) is 0.709. The smallest absolute Gasteiger partial charge is 0 e. The van der Waals surface area contributed by atoms with Crippen molar-refractivity contribution < 1.29 is 31.1 Å². The third-order valence-corrected chi connectivity index (χ3v) is 2.04. The third kappa shape index (κ3) is 3.39. The van der Waals surface area contributed by atoms with Gasteiger partial charge in [-0.1, -0.05) is 19.8 Å². The molecule has 0 aromatic carbocycles. The van der Waals surface area contributed by atoms with Gasteiger partial charge in [-0.3, -0.25) is 0 Å². The molecule has 60 valence electrons. The van der Waals surface area contributed by atoms with Crippen molar-refractivity contribution in [2.24, 2.45) is 22.8 Å². The van der Waals surface area contributed by atoms with Gasteiger partial charge in [-0.05, 0) is 13.1 Å². The fraction of sp³-hybridized carbons (Fsp3) is 0.857. The molecule has 0 heterocycles. The van der Waals surface area contributed by atoms with Gasteiger partial charge >= 0.3 is 0 Å². The number of hydrogen-bond donors (Lipinski definition) is 2. The van der Waals surface area contributed by atoms with Crippen LogP contribution < -0.4 is 11.5 Å². The number of rotatable bonds is 3. The molecule has 0 saturated carbocycles. The first-order valence-electron chi connectivity index (χ1n) is 3.32. The van der Waals surface area contributed by atoms with Gasteiger partial charge in [0, 0.05) is 31.1 Å². The van der Waals surface area contributed by atoms with Gasteiger partial charge < -0.3 is 18.4 Å². The molecule has 0 spiro atoms. The molecule has 0 aliphatic heterocycles. The van der Waals surface area contributed by atoms with Crippen molar-refractivity contribution in [2.45, 2.75) is 13.8 Å². The number of hydrogen-bond acceptors (Lipinski definition) is 2. The van der Waals surface area contributed by atoms with Crippen LogP contribution in [0.25, 0.3) is 0 Å². The van der Waals surface area contributed by atoms with Gasteiger partial charge in [-0.15, -0.1) is 5.41 Å². The van der Waals surface area contributed by atoms with Crippen LogP contribution in [0.1, 0.15) is 13.8 Å². The van der Waals surface area contributed by atoms with Gasteiger partial charge in [0.2, 0.25) is 0 Å². The minimum atomic E-state index is -0.111. The first-order chi connectivity index (χ1) is 4.06. The van der Waals surface area contributed by atoms with Gasteiger partial charge in [-0.25, -0.2) is 0 Å². The summed E-state index contributed by atoms with van der Waals surface area (Å²) in [4.78, 5) is 0. The van der Waals surface area contributed by atoms with E-state index in [0.717, 1.165) is 0 Å². The zero-order chi connectivity index (χ0) is 7.49. The van der Waals surface area contributed by atoms with Crippen molar-refractivity contribution >= 4 is 0 Å². The van der Waals surface area contributed by atoms with Crippen molar-refractivity contribution in [3.8, 4) is 0 Å². The molecule has 0 saturated heterocycles. The van der Waals surface area contributed by atoms with Crippen LogP contribution in [0.5, 0.6) is 0 Å². The Bertz CT molecular complexity index is 79.7. The second-order valence-electron chi connectivity index (χ2n) is 2.93. The molecule has 0 aromatic heterocycles. The standard InChI is InChI=1S/C7H17N2.U/c1-6(2)7(3,4-8)5-9;/h6H,3-5,8-9H2,1-2H3;/q-1;. The predicted molar refractivity (Wildman–Crippen MR) is 40.7 cm³/mol. The Morgan fingerprint density at radius 1 is 1.30 bits per heavy atom. The molecular formula is C7H17N2U-. The first-order valence-corrected chi connectivity index (χ1v) is 3.32. The van der Waals surface area contributed by atoms with Crippen molar-refractivity contribution in [2.75, 3.05) is 13.1 Å². The monoisotopic (exact) mass is 367 g/mol. The molecule has 0 aliphatic rings. The topological polar surface area (TPSA) is 52.0 Å². The molecule has 0 rings (SSSR count). The largest absolute Gasteiger partial charge is 0.335 e. The summed E-state index contributed by atoms with van der Waals surface area (Å²) in [5, 5.41) is 0.